The van der Waals surface area contributed by atoms with Gasteiger partial charge < -0.3 is 9.84 Å². The molecule has 94 valence electrons. The van der Waals surface area contributed by atoms with Gasteiger partial charge in [0.2, 0.25) is 0 Å². The summed E-state index contributed by atoms with van der Waals surface area (Å²) >= 11 is 0. The fourth-order valence-electron chi connectivity index (χ4n) is 1.99. The Kier molecular flexibility index (Phi) is 3.12. The van der Waals surface area contributed by atoms with Crippen LogP contribution in [0.3, 0.4) is 0 Å². The highest BCUT2D eigenvalue weighted by Gasteiger charge is 2.04. The number of hydrogen-bond donors (Lipinski definition) is 1. The lowest BCUT2D eigenvalue weighted by atomic mass is 10.2. The van der Waals surface area contributed by atoms with E-state index in [2.05, 4.69) is 4.98 Å². The highest BCUT2D eigenvalue weighted by Crippen LogP contribution is 2.28. The van der Waals surface area contributed by atoms with Gasteiger partial charge in [0, 0.05) is 11.6 Å². The van der Waals surface area contributed by atoms with Gasteiger partial charge in [0.25, 0.3) is 0 Å². The first-order valence-corrected chi connectivity index (χ1v) is 6.08. The van der Waals surface area contributed by atoms with Crippen LogP contribution in [-0.4, -0.2) is 10.1 Å². The summed E-state index contributed by atoms with van der Waals surface area (Å²) in [6.07, 6.45) is 1.73. The van der Waals surface area contributed by atoms with Gasteiger partial charge in [-0.25, -0.2) is 0 Å². The summed E-state index contributed by atoms with van der Waals surface area (Å²) in [5.74, 6) is 1.48. The number of pyridine rings is 1. The van der Waals surface area contributed by atoms with Crippen LogP contribution in [0.1, 0.15) is 5.56 Å². The number of aliphatic hydroxyl groups is 1. The van der Waals surface area contributed by atoms with E-state index in [0.717, 1.165) is 22.2 Å². The predicted molar refractivity (Wildman–Crippen MR) is 74.2 cm³/mol. The summed E-state index contributed by atoms with van der Waals surface area (Å²) in [6.45, 7) is 0.00823. The van der Waals surface area contributed by atoms with Gasteiger partial charge in [-0.1, -0.05) is 24.3 Å². The second-order valence-electron chi connectivity index (χ2n) is 4.23. The maximum absolute atomic E-state index is 9.13. The summed E-state index contributed by atoms with van der Waals surface area (Å²) < 4.78 is 5.88. The molecule has 2 aromatic carbocycles. The lowest BCUT2D eigenvalue weighted by molar-refractivity contribution is 0.281. The summed E-state index contributed by atoms with van der Waals surface area (Å²) in [5.41, 5.74) is 1.73. The van der Waals surface area contributed by atoms with Crippen molar-refractivity contribution in [3.8, 4) is 11.5 Å². The average molecular weight is 251 g/mol. The van der Waals surface area contributed by atoms with Crippen LogP contribution in [0.4, 0.5) is 0 Å². The Hall–Kier alpha value is -2.39. The van der Waals surface area contributed by atoms with Crippen molar-refractivity contribution in [3.05, 3.63) is 66.4 Å². The molecule has 0 atom stereocenters. The molecular weight excluding hydrogens is 238 g/mol. The van der Waals surface area contributed by atoms with Crippen molar-refractivity contribution < 1.29 is 9.84 Å². The van der Waals surface area contributed by atoms with E-state index in [9.17, 15) is 0 Å². The van der Waals surface area contributed by atoms with E-state index < -0.39 is 0 Å². The number of para-hydroxylation sites is 1. The summed E-state index contributed by atoms with van der Waals surface area (Å²) in [5, 5.41) is 10.1. The molecule has 3 rings (SSSR count). The van der Waals surface area contributed by atoms with E-state index in [-0.39, 0.29) is 6.61 Å². The van der Waals surface area contributed by atoms with Gasteiger partial charge in [-0.2, -0.15) is 0 Å². The summed E-state index contributed by atoms with van der Waals surface area (Å²) in [6, 6.07) is 17.1. The molecule has 3 aromatic rings. The molecular formula is C16H13NO2. The fraction of sp³-hybridized carbons (Fsp3) is 0.0625. The first-order valence-electron chi connectivity index (χ1n) is 6.08. The lowest BCUT2D eigenvalue weighted by Crippen LogP contribution is -1.89. The van der Waals surface area contributed by atoms with Crippen molar-refractivity contribution in [3.63, 3.8) is 0 Å². The number of hydrogen-bond acceptors (Lipinski definition) is 3. The van der Waals surface area contributed by atoms with Crippen LogP contribution in [0.25, 0.3) is 10.9 Å². The number of aromatic nitrogens is 1. The molecule has 0 radical (unpaired) electrons. The third-order valence-corrected chi connectivity index (χ3v) is 2.92. The minimum Gasteiger partial charge on any atom is -0.457 e. The first-order chi connectivity index (χ1) is 9.36. The van der Waals surface area contributed by atoms with Crippen molar-refractivity contribution >= 4 is 10.9 Å². The van der Waals surface area contributed by atoms with E-state index in [1.807, 2.05) is 54.6 Å². The van der Waals surface area contributed by atoms with E-state index in [1.165, 1.54) is 0 Å². The monoisotopic (exact) mass is 251 g/mol. The van der Waals surface area contributed by atoms with Crippen LogP contribution in [0.2, 0.25) is 0 Å². The van der Waals surface area contributed by atoms with Crippen LogP contribution in [0, 0.1) is 0 Å². The summed E-state index contributed by atoms with van der Waals surface area (Å²) in [4.78, 5) is 4.30. The Morgan fingerprint density at radius 1 is 1.00 bits per heavy atom. The van der Waals surface area contributed by atoms with Crippen LogP contribution in [0.5, 0.6) is 11.5 Å². The fourth-order valence-corrected chi connectivity index (χ4v) is 1.99. The number of nitrogens with zero attached hydrogens (tertiary/aromatic N) is 1. The van der Waals surface area contributed by atoms with E-state index in [1.54, 1.807) is 6.20 Å². The molecule has 0 aliphatic rings. The Morgan fingerprint density at radius 2 is 1.89 bits per heavy atom. The zero-order chi connectivity index (χ0) is 13.1. The van der Waals surface area contributed by atoms with Crippen molar-refractivity contribution in [2.45, 2.75) is 6.61 Å². The van der Waals surface area contributed by atoms with Crippen molar-refractivity contribution in [2.75, 3.05) is 0 Å². The van der Waals surface area contributed by atoms with Gasteiger partial charge in [0.05, 0.1) is 12.1 Å². The number of aliphatic hydroxyl groups excluding tert-OH is 1. The molecule has 0 bridgehead atoms. The molecule has 1 heterocycles. The van der Waals surface area contributed by atoms with E-state index in [4.69, 9.17) is 9.84 Å². The third kappa shape index (κ3) is 2.41. The molecule has 1 N–H and O–H groups in total. The standard InChI is InChI=1S/C16H13NO2/c18-11-12-4-3-5-13(10-12)19-16-8-9-17-15-7-2-1-6-14(15)16/h1-10,18H,11H2. The molecule has 0 fully saturated rings. The largest absolute Gasteiger partial charge is 0.457 e. The van der Waals surface area contributed by atoms with Gasteiger partial charge in [-0.15, -0.1) is 0 Å². The zero-order valence-corrected chi connectivity index (χ0v) is 10.3. The Balaban J connectivity index is 2.01. The van der Waals surface area contributed by atoms with Crippen LogP contribution < -0.4 is 4.74 Å². The Morgan fingerprint density at radius 3 is 2.79 bits per heavy atom. The Labute approximate surface area is 111 Å². The van der Waals surface area contributed by atoms with E-state index in [0.29, 0.717) is 5.75 Å². The summed E-state index contributed by atoms with van der Waals surface area (Å²) in [7, 11) is 0. The lowest BCUT2D eigenvalue weighted by Gasteiger charge is -2.09. The highest BCUT2D eigenvalue weighted by molar-refractivity contribution is 5.84. The molecule has 1 aromatic heterocycles. The Bertz CT molecular complexity index is 704. The van der Waals surface area contributed by atoms with Crippen LogP contribution in [-0.2, 0) is 6.61 Å². The van der Waals surface area contributed by atoms with Gasteiger partial charge in [0.15, 0.2) is 0 Å². The van der Waals surface area contributed by atoms with Gasteiger partial charge >= 0.3 is 0 Å². The normalized spacial score (nSPS) is 10.6. The van der Waals surface area contributed by atoms with Gasteiger partial charge in [-0.3, -0.25) is 4.98 Å². The molecule has 0 aliphatic carbocycles. The molecule has 3 nitrogen and oxygen atoms in total. The van der Waals surface area contributed by atoms with Gasteiger partial charge in [0.1, 0.15) is 11.5 Å². The first kappa shape index (κ1) is 11.7. The van der Waals surface area contributed by atoms with Crippen LogP contribution >= 0.6 is 0 Å². The number of ether oxygens (including phenoxy) is 1. The molecule has 0 spiro atoms. The topological polar surface area (TPSA) is 42.4 Å². The number of fused-ring (bicyclic) bond motifs is 1. The molecule has 0 saturated carbocycles. The number of rotatable bonds is 3. The minimum atomic E-state index is 0.00823. The van der Waals surface area contributed by atoms with Crippen LogP contribution in [0.15, 0.2) is 60.8 Å². The zero-order valence-electron chi connectivity index (χ0n) is 10.3. The van der Waals surface area contributed by atoms with Crippen molar-refractivity contribution in [1.29, 1.82) is 0 Å². The second kappa shape index (κ2) is 5.08. The highest BCUT2D eigenvalue weighted by atomic mass is 16.5. The molecule has 0 saturated heterocycles. The van der Waals surface area contributed by atoms with Crippen molar-refractivity contribution in [1.82, 2.24) is 4.98 Å². The third-order valence-electron chi connectivity index (χ3n) is 2.92. The smallest absolute Gasteiger partial charge is 0.138 e. The molecule has 0 unspecified atom stereocenters. The quantitative estimate of drug-likeness (QED) is 0.774. The maximum Gasteiger partial charge on any atom is 0.138 e. The molecule has 19 heavy (non-hydrogen) atoms. The SMILES string of the molecule is OCc1cccc(Oc2ccnc3ccccc23)c1. The van der Waals surface area contributed by atoms with Crippen molar-refractivity contribution in [2.24, 2.45) is 0 Å². The predicted octanol–water partition coefficient (Wildman–Crippen LogP) is 3.52. The number of benzene rings is 2. The average Bonchev–Trinajstić information content (AvgIpc) is 2.48. The maximum atomic E-state index is 9.13. The molecule has 0 aliphatic heterocycles. The second-order valence-corrected chi connectivity index (χ2v) is 4.23. The molecule has 3 heteroatoms. The minimum absolute atomic E-state index is 0.00823. The van der Waals surface area contributed by atoms with E-state index >= 15 is 0 Å². The van der Waals surface area contributed by atoms with Gasteiger partial charge in [-0.05, 0) is 35.9 Å². The molecule has 0 amide bonds.